The third kappa shape index (κ3) is 1.35. The summed E-state index contributed by atoms with van der Waals surface area (Å²) in [7, 11) is 0. The molecule has 1 aromatic carbocycles. The molecule has 1 N–H and O–H groups in total. The van der Waals surface area contributed by atoms with Gasteiger partial charge in [-0.05, 0) is 49.4 Å². The molecule has 1 saturated carbocycles. The van der Waals surface area contributed by atoms with Crippen molar-refractivity contribution >= 4 is 0 Å². The highest BCUT2D eigenvalue weighted by Crippen LogP contribution is 2.42. The van der Waals surface area contributed by atoms with E-state index in [1.54, 1.807) is 6.07 Å². The van der Waals surface area contributed by atoms with Crippen molar-refractivity contribution in [3.8, 4) is 0 Å². The molecule has 2 rings (SSSR count). The molecule has 70 valence electrons. The number of rotatable bonds is 1. The SMILES string of the molecule is Cc1cc(F)ccc1C1(O)CCC1. The van der Waals surface area contributed by atoms with E-state index in [-0.39, 0.29) is 5.82 Å². The molecular weight excluding hydrogens is 167 g/mol. The molecule has 13 heavy (non-hydrogen) atoms. The third-order valence-electron chi connectivity index (χ3n) is 2.87. The molecule has 0 saturated heterocycles. The number of halogens is 1. The van der Waals surface area contributed by atoms with Gasteiger partial charge in [0.1, 0.15) is 5.82 Å². The molecule has 0 unspecified atom stereocenters. The summed E-state index contributed by atoms with van der Waals surface area (Å²) in [5.74, 6) is -0.232. The molecule has 2 heteroatoms. The first-order valence-electron chi connectivity index (χ1n) is 4.61. The van der Waals surface area contributed by atoms with Crippen molar-refractivity contribution in [3.05, 3.63) is 35.1 Å². The Bertz CT molecular complexity index is 329. The maximum absolute atomic E-state index is 12.8. The maximum atomic E-state index is 12.8. The fraction of sp³-hybridized carbons (Fsp3) is 0.455. The Balaban J connectivity index is 2.40. The van der Waals surface area contributed by atoms with Gasteiger partial charge < -0.3 is 5.11 Å². The fourth-order valence-corrected chi connectivity index (χ4v) is 1.93. The summed E-state index contributed by atoms with van der Waals surface area (Å²) < 4.78 is 12.8. The molecule has 1 fully saturated rings. The average Bonchev–Trinajstić information content (AvgIpc) is 2.00. The second kappa shape index (κ2) is 2.81. The highest BCUT2D eigenvalue weighted by molar-refractivity contribution is 5.33. The van der Waals surface area contributed by atoms with E-state index < -0.39 is 5.60 Å². The van der Waals surface area contributed by atoms with Crippen molar-refractivity contribution in [1.82, 2.24) is 0 Å². The van der Waals surface area contributed by atoms with Crippen LogP contribution in [0, 0.1) is 12.7 Å². The van der Waals surface area contributed by atoms with Gasteiger partial charge >= 0.3 is 0 Å². The van der Waals surface area contributed by atoms with Crippen LogP contribution in [0.3, 0.4) is 0 Å². The van der Waals surface area contributed by atoms with Crippen molar-refractivity contribution in [2.75, 3.05) is 0 Å². The van der Waals surface area contributed by atoms with Gasteiger partial charge in [0.25, 0.3) is 0 Å². The summed E-state index contributed by atoms with van der Waals surface area (Å²) in [5, 5.41) is 10.0. The van der Waals surface area contributed by atoms with Gasteiger partial charge in [0.2, 0.25) is 0 Å². The van der Waals surface area contributed by atoms with E-state index in [1.807, 2.05) is 6.92 Å². The second-order valence-electron chi connectivity index (χ2n) is 3.84. The second-order valence-corrected chi connectivity index (χ2v) is 3.84. The molecule has 1 aromatic rings. The lowest BCUT2D eigenvalue weighted by Gasteiger charge is -2.38. The minimum absolute atomic E-state index is 0.232. The number of aliphatic hydroxyl groups is 1. The van der Waals surface area contributed by atoms with Gasteiger partial charge in [0.05, 0.1) is 5.60 Å². The topological polar surface area (TPSA) is 20.2 Å². The van der Waals surface area contributed by atoms with Crippen molar-refractivity contribution in [1.29, 1.82) is 0 Å². The van der Waals surface area contributed by atoms with Crippen LogP contribution in [0.2, 0.25) is 0 Å². The predicted octanol–water partition coefficient (Wildman–Crippen LogP) is 2.51. The van der Waals surface area contributed by atoms with E-state index in [0.29, 0.717) is 0 Å². The van der Waals surface area contributed by atoms with Gasteiger partial charge in [-0.3, -0.25) is 0 Å². The van der Waals surface area contributed by atoms with Gasteiger partial charge in [0, 0.05) is 0 Å². The van der Waals surface area contributed by atoms with Crippen molar-refractivity contribution in [3.63, 3.8) is 0 Å². The molecule has 1 nitrogen and oxygen atoms in total. The van der Waals surface area contributed by atoms with Gasteiger partial charge in [-0.1, -0.05) is 6.07 Å². The summed E-state index contributed by atoms with van der Waals surface area (Å²) in [6.07, 6.45) is 2.67. The lowest BCUT2D eigenvalue weighted by molar-refractivity contribution is -0.0393. The number of aryl methyl sites for hydroxylation is 1. The largest absolute Gasteiger partial charge is 0.385 e. The summed E-state index contributed by atoms with van der Waals surface area (Å²) in [6.45, 7) is 1.84. The standard InChI is InChI=1S/C11H13FO/c1-8-7-9(12)3-4-10(8)11(13)5-2-6-11/h3-4,7,13H,2,5-6H2,1H3. The molecule has 1 aliphatic carbocycles. The predicted molar refractivity (Wildman–Crippen MR) is 48.9 cm³/mol. The van der Waals surface area contributed by atoms with Crippen LogP contribution in [0.15, 0.2) is 18.2 Å². The molecule has 0 aromatic heterocycles. The maximum Gasteiger partial charge on any atom is 0.123 e. The molecule has 0 radical (unpaired) electrons. The van der Waals surface area contributed by atoms with Crippen LogP contribution in [0.5, 0.6) is 0 Å². The number of hydrogen-bond acceptors (Lipinski definition) is 1. The zero-order chi connectivity index (χ0) is 9.47. The highest BCUT2D eigenvalue weighted by Gasteiger charge is 2.37. The molecule has 1 aliphatic rings. The Morgan fingerprint density at radius 2 is 2.08 bits per heavy atom. The first kappa shape index (κ1) is 8.70. The molecule has 0 atom stereocenters. The minimum atomic E-state index is -0.669. The normalized spacial score (nSPS) is 19.6. The van der Waals surface area contributed by atoms with Gasteiger partial charge in [-0.2, -0.15) is 0 Å². The van der Waals surface area contributed by atoms with Crippen molar-refractivity contribution in [2.45, 2.75) is 31.8 Å². The first-order valence-corrected chi connectivity index (χ1v) is 4.61. The van der Waals surface area contributed by atoms with Crippen LogP contribution < -0.4 is 0 Å². The molecule has 0 aliphatic heterocycles. The van der Waals surface area contributed by atoms with Crippen LogP contribution in [0.1, 0.15) is 30.4 Å². The van der Waals surface area contributed by atoms with Gasteiger partial charge in [0.15, 0.2) is 0 Å². The van der Waals surface area contributed by atoms with E-state index in [2.05, 4.69) is 0 Å². The smallest absolute Gasteiger partial charge is 0.123 e. The van der Waals surface area contributed by atoms with Crippen LogP contribution in [0.25, 0.3) is 0 Å². The number of hydrogen-bond donors (Lipinski definition) is 1. The quantitative estimate of drug-likeness (QED) is 0.704. The Hall–Kier alpha value is -0.890. The van der Waals surface area contributed by atoms with E-state index in [4.69, 9.17) is 0 Å². The summed E-state index contributed by atoms with van der Waals surface area (Å²) in [5.41, 5.74) is 1.07. The molecule has 0 spiro atoms. The van der Waals surface area contributed by atoms with E-state index in [0.717, 1.165) is 30.4 Å². The van der Waals surface area contributed by atoms with Crippen LogP contribution in [-0.4, -0.2) is 5.11 Å². The Morgan fingerprint density at radius 1 is 1.38 bits per heavy atom. The first-order chi connectivity index (χ1) is 6.12. The van der Waals surface area contributed by atoms with E-state index in [1.165, 1.54) is 12.1 Å². The van der Waals surface area contributed by atoms with Crippen LogP contribution in [0.4, 0.5) is 4.39 Å². The number of benzene rings is 1. The third-order valence-corrected chi connectivity index (χ3v) is 2.87. The molecule has 0 bridgehead atoms. The molecule has 0 heterocycles. The molecular formula is C11H13FO. The van der Waals surface area contributed by atoms with E-state index >= 15 is 0 Å². The Morgan fingerprint density at radius 3 is 2.54 bits per heavy atom. The highest BCUT2D eigenvalue weighted by atomic mass is 19.1. The minimum Gasteiger partial charge on any atom is -0.385 e. The zero-order valence-corrected chi connectivity index (χ0v) is 7.68. The Labute approximate surface area is 77.2 Å². The summed E-state index contributed by atoms with van der Waals surface area (Å²) in [6, 6.07) is 4.59. The van der Waals surface area contributed by atoms with Crippen LogP contribution >= 0.6 is 0 Å². The Kier molecular flexibility index (Phi) is 1.88. The zero-order valence-electron chi connectivity index (χ0n) is 7.68. The van der Waals surface area contributed by atoms with E-state index in [9.17, 15) is 9.50 Å². The van der Waals surface area contributed by atoms with Crippen molar-refractivity contribution < 1.29 is 9.50 Å². The van der Waals surface area contributed by atoms with Gasteiger partial charge in [-0.25, -0.2) is 4.39 Å². The fourth-order valence-electron chi connectivity index (χ4n) is 1.93. The van der Waals surface area contributed by atoms with Crippen LogP contribution in [-0.2, 0) is 5.60 Å². The monoisotopic (exact) mass is 180 g/mol. The molecule has 0 amide bonds. The van der Waals surface area contributed by atoms with Crippen molar-refractivity contribution in [2.24, 2.45) is 0 Å². The summed E-state index contributed by atoms with van der Waals surface area (Å²) >= 11 is 0. The lowest BCUT2D eigenvalue weighted by atomic mass is 9.74. The van der Waals surface area contributed by atoms with Gasteiger partial charge in [-0.15, -0.1) is 0 Å². The summed E-state index contributed by atoms with van der Waals surface area (Å²) in [4.78, 5) is 0. The average molecular weight is 180 g/mol. The lowest BCUT2D eigenvalue weighted by Crippen LogP contribution is -2.34.